The van der Waals surface area contributed by atoms with Crippen molar-refractivity contribution in [2.75, 3.05) is 19.4 Å². The van der Waals surface area contributed by atoms with E-state index >= 15 is 0 Å². The summed E-state index contributed by atoms with van der Waals surface area (Å²) in [6, 6.07) is 13.3. The molecule has 3 rings (SSSR count). The van der Waals surface area contributed by atoms with Gasteiger partial charge in [-0.25, -0.2) is 4.98 Å². The normalized spacial score (nSPS) is 10.3. The summed E-state index contributed by atoms with van der Waals surface area (Å²) in [4.78, 5) is 17.7. The summed E-state index contributed by atoms with van der Waals surface area (Å²) in [5, 5.41) is 8.19. The highest BCUT2D eigenvalue weighted by atomic mass is 32.1. The van der Waals surface area contributed by atoms with Crippen molar-refractivity contribution >= 4 is 28.3 Å². The zero-order chi connectivity index (χ0) is 16.2. The first-order valence-corrected chi connectivity index (χ1v) is 7.75. The number of amides is 1. The second kappa shape index (κ2) is 6.53. The van der Waals surface area contributed by atoms with Gasteiger partial charge in [0.1, 0.15) is 16.5 Å². The first-order valence-electron chi connectivity index (χ1n) is 6.97. The number of hydrogen-bond donors (Lipinski definition) is 1. The van der Waals surface area contributed by atoms with Crippen molar-refractivity contribution in [1.82, 2.24) is 19.5 Å². The largest absolute Gasteiger partial charge is 0.345 e. The zero-order valence-corrected chi connectivity index (χ0v) is 13.5. The van der Waals surface area contributed by atoms with Gasteiger partial charge in [-0.15, -0.1) is 5.10 Å². The third-order valence-electron chi connectivity index (χ3n) is 3.19. The standard InChI is InChI=1S/C16H15N5OS/c1-21(2)16(22)12-8-9-13(17-10-12)18-15-14(19-20-23-15)11-6-4-3-5-7-11/h3-10H,1-2H3,(H,17,18). The Morgan fingerprint density at radius 1 is 1.13 bits per heavy atom. The molecule has 1 amide bonds. The summed E-state index contributed by atoms with van der Waals surface area (Å²) in [5.74, 6) is 0.567. The van der Waals surface area contributed by atoms with E-state index in [1.165, 1.54) is 16.4 Å². The third-order valence-corrected chi connectivity index (χ3v) is 3.83. The number of carbonyl (C=O) groups is 1. The molecule has 3 aromatic rings. The van der Waals surface area contributed by atoms with Crippen molar-refractivity contribution in [3.63, 3.8) is 0 Å². The topological polar surface area (TPSA) is 71.0 Å². The predicted octanol–water partition coefficient (Wildman–Crippen LogP) is 3.05. The molecule has 0 radical (unpaired) electrons. The van der Waals surface area contributed by atoms with Crippen LogP contribution in [0.4, 0.5) is 10.8 Å². The summed E-state index contributed by atoms with van der Waals surface area (Å²) in [7, 11) is 3.42. The first kappa shape index (κ1) is 15.1. The number of benzene rings is 1. The molecule has 0 aliphatic heterocycles. The Morgan fingerprint density at radius 2 is 1.91 bits per heavy atom. The van der Waals surface area contributed by atoms with Gasteiger partial charge < -0.3 is 10.2 Å². The average molecular weight is 325 g/mol. The highest BCUT2D eigenvalue weighted by Gasteiger charge is 2.12. The van der Waals surface area contributed by atoms with Crippen molar-refractivity contribution in [2.45, 2.75) is 0 Å². The van der Waals surface area contributed by atoms with E-state index in [1.54, 1.807) is 32.4 Å². The Hall–Kier alpha value is -2.80. The summed E-state index contributed by atoms with van der Waals surface area (Å²) in [6.45, 7) is 0. The maximum Gasteiger partial charge on any atom is 0.254 e. The van der Waals surface area contributed by atoms with Crippen LogP contribution in [0.1, 0.15) is 10.4 Å². The molecule has 7 heteroatoms. The van der Waals surface area contributed by atoms with Crippen LogP contribution in [0, 0.1) is 0 Å². The SMILES string of the molecule is CN(C)C(=O)c1ccc(Nc2snnc2-c2ccccc2)nc1. The van der Waals surface area contributed by atoms with Crippen LogP contribution in [-0.2, 0) is 0 Å². The average Bonchev–Trinajstić information content (AvgIpc) is 3.04. The van der Waals surface area contributed by atoms with E-state index in [2.05, 4.69) is 19.9 Å². The number of carbonyl (C=O) groups excluding carboxylic acids is 1. The van der Waals surface area contributed by atoms with E-state index in [9.17, 15) is 4.79 Å². The number of rotatable bonds is 4. The summed E-state index contributed by atoms with van der Waals surface area (Å²) in [6.07, 6.45) is 1.56. The fourth-order valence-electron chi connectivity index (χ4n) is 2.03. The summed E-state index contributed by atoms with van der Waals surface area (Å²) < 4.78 is 4.00. The van der Waals surface area contributed by atoms with Gasteiger partial charge in [0.05, 0.1) is 5.56 Å². The molecule has 1 N–H and O–H groups in total. The number of nitrogens with zero attached hydrogens (tertiary/aromatic N) is 4. The van der Waals surface area contributed by atoms with E-state index in [0.29, 0.717) is 11.4 Å². The van der Waals surface area contributed by atoms with Crippen molar-refractivity contribution < 1.29 is 4.79 Å². The van der Waals surface area contributed by atoms with E-state index in [0.717, 1.165) is 16.3 Å². The molecule has 2 aromatic heterocycles. The van der Waals surface area contributed by atoms with Crippen molar-refractivity contribution in [2.24, 2.45) is 0 Å². The molecule has 2 heterocycles. The fourth-order valence-corrected chi connectivity index (χ4v) is 2.63. The fraction of sp³-hybridized carbons (Fsp3) is 0.125. The highest BCUT2D eigenvalue weighted by Crippen LogP contribution is 2.30. The molecule has 0 atom stereocenters. The maximum atomic E-state index is 11.9. The quantitative estimate of drug-likeness (QED) is 0.798. The Morgan fingerprint density at radius 3 is 2.57 bits per heavy atom. The van der Waals surface area contributed by atoms with Crippen LogP contribution in [0.3, 0.4) is 0 Å². The lowest BCUT2D eigenvalue weighted by atomic mass is 10.2. The molecular weight excluding hydrogens is 310 g/mol. The predicted molar refractivity (Wildman–Crippen MR) is 90.9 cm³/mol. The van der Waals surface area contributed by atoms with Crippen molar-refractivity contribution in [1.29, 1.82) is 0 Å². The summed E-state index contributed by atoms with van der Waals surface area (Å²) >= 11 is 1.27. The van der Waals surface area contributed by atoms with Gasteiger partial charge >= 0.3 is 0 Å². The monoisotopic (exact) mass is 325 g/mol. The van der Waals surface area contributed by atoms with Gasteiger partial charge in [0, 0.05) is 37.4 Å². The molecule has 6 nitrogen and oxygen atoms in total. The van der Waals surface area contributed by atoms with Gasteiger partial charge in [0.15, 0.2) is 0 Å². The van der Waals surface area contributed by atoms with Gasteiger partial charge in [0.2, 0.25) is 0 Å². The van der Waals surface area contributed by atoms with Crippen molar-refractivity contribution in [3.8, 4) is 11.3 Å². The number of nitrogens with one attached hydrogen (secondary N) is 1. The van der Waals surface area contributed by atoms with Crippen LogP contribution in [-0.4, -0.2) is 39.5 Å². The Kier molecular flexibility index (Phi) is 4.29. The Balaban J connectivity index is 1.81. The highest BCUT2D eigenvalue weighted by molar-refractivity contribution is 7.10. The van der Waals surface area contributed by atoms with Gasteiger partial charge in [-0.2, -0.15) is 0 Å². The third kappa shape index (κ3) is 3.35. The van der Waals surface area contributed by atoms with Crippen molar-refractivity contribution in [3.05, 3.63) is 54.2 Å². The molecule has 0 bridgehead atoms. The molecule has 1 aromatic carbocycles. The molecular formula is C16H15N5OS. The van der Waals surface area contributed by atoms with E-state index in [1.807, 2.05) is 30.3 Å². The molecule has 0 aliphatic rings. The zero-order valence-electron chi connectivity index (χ0n) is 12.7. The Bertz CT molecular complexity index is 799. The number of anilines is 2. The van der Waals surface area contributed by atoms with Crippen LogP contribution >= 0.6 is 11.5 Å². The number of hydrogen-bond acceptors (Lipinski definition) is 6. The number of aromatic nitrogens is 3. The second-order valence-corrected chi connectivity index (χ2v) is 5.83. The molecule has 23 heavy (non-hydrogen) atoms. The van der Waals surface area contributed by atoms with Crippen LogP contribution in [0.25, 0.3) is 11.3 Å². The van der Waals surface area contributed by atoms with Gasteiger partial charge in [-0.1, -0.05) is 34.8 Å². The molecule has 0 saturated carbocycles. The van der Waals surface area contributed by atoms with Crippen LogP contribution < -0.4 is 5.32 Å². The summed E-state index contributed by atoms with van der Waals surface area (Å²) in [5.41, 5.74) is 2.32. The van der Waals surface area contributed by atoms with E-state index < -0.39 is 0 Å². The lowest BCUT2D eigenvalue weighted by molar-refractivity contribution is 0.0827. The van der Waals surface area contributed by atoms with E-state index in [4.69, 9.17) is 0 Å². The minimum Gasteiger partial charge on any atom is -0.345 e. The van der Waals surface area contributed by atoms with Gasteiger partial charge in [-0.3, -0.25) is 4.79 Å². The minimum atomic E-state index is -0.0755. The second-order valence-electron chi connectivity index (χ2n) is 5.07. The minimum absolute atomic E-state index is 0.0755. The molecule has 0 saturated heterocycles. The van der Waals surface area contributed by atoms with E-state index in [-0.39, 0.29) is 5.91 Å². The lowest BCUT2D eigenvalue weighted by Crippen LogP contribution is -2.21. The molecule has 0 spiro atoms. The van der Waals surface area contributed by atoms with Gasteiger partial charge in [0.25, 0.3) is 5.91 Å². The van der Waals surface area contributed by atoms with Crippen LogP contribution in [0.2, 0.25) is 0 Å². The Labute approximate surface area is 138 Å². The van der Waals surface area contributed by atoms with Gasteiger partial charge in [-0.05, 0) is 12.1 Å². The first-order chi connectivity index (χ1) is 11.1. The number of pyridine rings is 1. The molecule has 0 unspecified atom stereocenters. The molecule has 0 fully saturated rings. The molecule has 0 aliphatic carbocycles. The smallest absolute Gasteiger partial charge is 0.254 e. The lowest BCUT2D eigenvalue weighted by Gasteiger charge is -2.10. The van der Waals surface area contributed by atoms with Crippen LogP contribution in [0.15, 0.2) is 48.7 Å². The molecule has 116 valence electrons. The maximum absolute atomic E-state index is 11.9. The van der Waals surface area contributed by atoms with Crippen LogP contribution in [0.5, 0.6) is 0 Å².